The number of carbonyl (C=O) groups is 2. The van der Waals surface area contributed by atoms with Crippen molar-refractivity contribution in [2.24, 2.45) is 0 Å². The highest BCUT2D eigenvalue weighted by atomic mass is 16.6. The van der Waals surface area contributed by atoms with Gasteiger partial charge in [0.2, 0.25) is 0 Å². The van der Waals surface area contributed by atoms with Gasteiger partial charge in [-0.3, -0.25) is 9.59 Å². The summed E-state index contributed by atoms with van der Waals surface area (Å²) in [5.74, 6) is 0.333. The summed E-state index contributed by atoms with van der Waals surface area (Å²) >= 11 is 0. The van der Waals surface area contributed by atoms with Crippen LogP contribution in [0.4, 0.5) is 5.69 Å². The number of methoxy groups -OCH3 is 1. The van der Waals surface area contributed by atoms with Crippen LogP contribution >= 0.6 is 0 Å². The van der Waals surface area contributed by atoms with Gasteiger partial charge in [-0.15, -0.1) is 0 Å². The van der Waals surface area contributed by atoms with E-state index in [0.29, 0.717) is 17.9 Å². The molecule has 0 aliphatic carbocycles. The Morgan fingerprint density at radius 2 is 1.66 bits per heavy atom. The molecule has 0 saturated heterocycles. The van der Waals surface area contributed by atoms with Crippen molar-refractivity contribution in [3.05, 3.63) is 95.6 Å². The smallest absolute Gasteiger partial charge is 0.308 e. The molecule has 0 aliphatic rings. The van der Waals surface area contributed by atoms with Gasteiger partial charge < -0.3 is 14.4 Å². The third kappa shape index (κ3) is 6.57. The van der Waals surface area contributed by atoms with E-state index in [4.69, 9.17) is 9.47 Å². The molecule has 3 aromatic carbocycles. The van der Waals surface area contributed by atoms with E-state index >= 15 is 0 Å². The molecule has 0 unspecified atom stereocenters. The van der Waals surface area contributed by atoms with E-state index < -0.39 is 5.97 Å². The Morgan fingerprint density at radius 1 is 0.906 bits per heavy atom. The lowest BCUT2D eigenvalue weighted by atomic mass is 10.1. The van der Waals surface area contributed by atoms with Crippen LogP contribution in [0.1, 0.15) is 23.6 Å². The van der Waals surface area contributed by atoms with E-state index in [0.717, 1.165) is 23.4 Å². The number of rotatable bonds is 9. The summed E-state index contributed by atoms with van der Waals surface area (Å²) in [5, 5.41) is 0. The average molecular weight is 430 g/mol. The van der Waals surface area contributed by atoms with E-state index in [1.165, 1.54) is 19.6 Å². The van der Waals surface area contributed by atoms with Crippen molar-refractivity contribution < 1.29 is 19.1 Å². The monoisotopic (exact) mass is 429 g/mol. The number of ether oxygens (including phenoxy) is 2. The fraction of sp³-hybridized carbons (Fsp3) is 0.185. The molecule has 5 heteroatoms. The number of hydrogen-bond donors (Lipinski definition) is 0. The van der Waals surface area contributed by atoms with Gasteiger partial charge in [0, 0.05) is 32.6 Å². The maximum absolute atomic E-state index is 12.5. The number of ketones is 1. The lowest BCUT2D eigenvalue weighted by molar-refractivity contribution is -0.132. The van der Waals surface area contributed by atoms with Gasteiger partial charge in [0.25, 0.3) is 0 Å². The van der Waals surface area contributed by atoms with Gasteiger partial charge in [0.05, 0.1) is 7.11 Å². The summed E-state index contributed by atoms with van der Waals surface area (Å²) in [5.41, 5.74) is 3.98. The molecule has 0 radical (unpaired) electrons. The fourth-order valence-corrected chi connectivity index (χ4v) is 3.33. The van der Waals surface area contributed by atoms with Crippen LogP contribution in [-0.4, -0.2) is 25.9 Å². The van der Waals surface area contributed by atoms with Crippen LogP contribution in [0.2, 0.25) is 0 Å². The first-order valence-corrected chi connectivity index (χ1v) is 10.4. The summed E-state index contributed by atoms with van der Waals surface area (Å²) in [6.45, 7) is 2.12. The zero-order valence-corrected chi connectivity index (χ0v) is 18.6. The average Bonchev–Trinajstić information content (AvgIpc) is 2.78. The van der Waals surface area contributed by atoms with Crippen LogP contribution in [-0.2, 0) is 22.6 Å². The van der Waals surface area contributed by atoms with Crippen molar-refractivity contribution in [3.8, 4) is 11.5 Å². The first kappa shape index (κ1) is 22.8. The van der Waals surface area contributed by atoms with Crippen molar-refractivity contribution in [3.63, 3.8) is 0 Å². The van der Waals surface area contributed by atoms with Crippen LogP contribution in [0.3, 0.4) is 0 Å². The highest BCUT2D eigenvalue weighted by Gasteiger charge is 2.08. The molecule has 0 heterocycles. The lowest BCUT2D eigenvalue weighted by Gasteiger charge is -2.20. The zero-order valence-electron chi connectivity index (χ0n) is 18.6. The first-order valence-electron chi connectivity index (χ1n) is 10.4. The summed E-state index contributed by atoms with van der Waals surface area (Å²) in [6.07, 6.45) is 3.55. The quantitative estimate of drug-likeness (QED) is 0.270. The molecule has 32 heavy (non-hydrogen) atoms. The number of anilines is 1. The van der Waals surface area contributed by atoms with Gasteiger partial charge in [-0.1, -0.05) is 54.6 Å². The van der Waals surface area contributed by atoms with Crippen molar-refractivity contribution >= 4 is 23.5 Å². The van der Waals surface area contributed by atoms with Gasteiger partial charge in [-0.25, -0.2) is 0 Å². The standard InChI is InChI=1S/C27H27NO4/c1-20(29)32-27-18-21(13-15-26(27)31-3)12-14-25(30)17-23-10-7-11-24(16-23)28(2)19-22-8-5-4-6-9-22/h4-16,18H,17,19H2,1-3H3/b14-12+. The highest BCUT2D eigenvalue weighted by molar-refractivity contribution is 5.95. The minimum absolute atomic E-state index is 0.0160. The maximum Gasteiger partial charge on any atom is 0.308 e. The topological polar surface area (TPSA) is 55.8 Å². The van der Waals surface area contributed by atoms with Gasteiger partial charge in [0.15, 0.2) is 17.3 Å². The third-order valence-electron chi connectivity index (χ3n) is 4.90. The van der Waals surface area contributed by atoms with Crippen molar-refractivity contribution in [1.82, 2.24) is 0 Å². The van der Waals surface area contributed by atoms with Crippen LogP contribution in [0, 0.1) is 0 Å². The predicted octanol–water partition coefficient (Wildman–Crippen LogP) is 5.08. The molecule has 0 saturated carbocycles. The highest BCUT2D eigenvalue weighted by Crippen LogP contribution is 2.28. The molecule has 3 rings (SSSR count). The third-order valence-corrected chi connectivity index (χ3v) is 4.90. The van der Waals surface area contributed by atoms with Gasteiger partial charge in [0.1, 0.15) is 0 Å². The predicted molar refractivity (Wildman–Crippen MR) is 127 cm³/mol. The minimum Gasteiger partial charge on any atom is -0.493 e. The van der Waals surface area contributed by atoms with Crippen LogP contribution in [0.25, 0.3) is 6.08 Å². The zero-order chi connectivity index (χ0) is 22.9. The van der Waals surface area contributed by atoms with E-state index in [-0.39, 0.29) is 5.78 Å². The number of nitrogens with zero attached hydrogens (tertiary/aromatic N) is 1. The first-order chi connectivity index (χ1) is 15.4. The Kier molecular flexibility index (Phi) is 7.81. The second kappa shape index (κ2) is 11.0. The van der Waals surface area contributed by atoms with Crippen LogP contribution in [0.15, 0.2) is 78.9 Å². The number of benzene rings is 3. The molecule has 5 nitrogen and oxygen atoms in total. The molecule has 0 amide bonds. The molecule has 0 N–H and O–H groups in total. The number of carbonyl (C=O) groups excluding carboxylic acids is 2. The summed E-state index contributed by atoms with van der Waals surface area (Å²) < 4.78 is 10.4. The molecule has 0 spiro atoms. The largest absolute Gasteiger partial charge is 0.493 e. The molecule has 3 aromatic rings. The Balaban J connectivity index is 1.65. The normalized spacial score (nSPS) is 10.7. The maximum atomic E-state index is 12.5. The van der Waals surface area contributed by atoms with Crippen molar-refractivity contribution in [2.75, 3.05) is 19.1 Å². The second-order valence-electron chi connectivity index (χ2n) is 7.49. The minimum atomic E-state index is -0.433. The van der Waals surface area contributed by atoms with Crippen LogP contribution in [0.5, 0.6) is 11.5 Å². The van der Waals surface area contributed by atoms with Gasteiger partial charge in [-0.2, -0.15) is 0 Å². The molecular weight excluding hydrogens is 402 g/mol. The van der Waals surface area contributed by atoms with Gasteiger partial charge in [-0.05, 0) is 47.0 Å². The molecule has 0 atom stereocenters. The molecular formula is C27H27NO4. The van der Waals surface area contributed by atoms with E-state index in [1.54, 1.807) is 30.4 Å². The molecule has 0 aliphatic heterocycles. The summed E-state index contributed by atoms with van der Waals surface area (Å²) in [6, 6.07) is 23.4. The molecule has 0 fully saturated rings. The molecule has 164 valence electrons. The van der Waals surface area contributed by atoms with E-state index in [2.05, 4.69) is 17.0 Å². The van der Waals surface area contributed by atoms with E-state index in [9.17, 15) is 9.59 Å². The van der Waals surface area contributed by atoms with Gasteiger partial charge >= 0.3 is 5.97 Å². The Hall–Kier alpha value is -3.86. The van der Waals surface area contributed by atoms with E-state index in [1.807, 2.05) is 49.5 Å². The fourth-order valence-electron chi connectivity index (χ4n) is 3.33. The number of allylic oxidation sites excluding steroid dienone is 1. The molecule has 0 bridgehead atoms. The Bertz CT molecular complexity index is 1110. The van der Waals surface area contributed by atoms with Crippen molar-refractivity contribution in [2.45, 2.75) is 19.9 Å². The number of hydrogen-bond acceptors (Lipinski definition) is 5. The summed E-state index contributed by atoms with van der Waals surface area (Å²) in [7, 11) is 3.55. The lowest BCUT2D eigenvalue weighted by Crippen LogP contribution is -2.16. The Labute approximate surface area is 188 Å². The second-order valence-corrected chi connectivity index (χ2v) is 7.49. The number of esters is 1. The molecule has 0 aromatic heterocycles. The van der Waals surface area contributed by atoms with Crippen molar-refractivity contribution in [1.29, 1.82) is 0 Å². The van der Waals surface area contributed by atoms with Crippen LogP contribution < -0.4 is 14.4 Å². The Morgan fingerprint density at radius 3 is 2.38 bits per heavy atom. The summed E-state index contributed by atoms with van der Waals surface area (Å²) in [4.78, 5) is 26.0. The SMILES string of the molecule is COc1ccc(/C=C/C(=O)Cc2cccc(N(C)Cc3ccccc3)c2)cc1OC(C)=O.